The summed E-state index contributed by atoms with van der Waals surface area (Å²) in [6, 6.07) is 7.87. The lowest BCUT2D eigenvalue weighted by Crippen LogP contribution is -2.22. The summed E-state index contributed by atoms with van der Waals surface area (Å²) in [5.74, 6) is 0. The van der Waals surface area contributed by atoms with Gasteiger partial charge in [-0.25, -0.2) is 4.79 Å². The molecule has 7 nitrogen and oxygen atoms in total. The molecular formula is C14H19N5O2. The number of aromatic nitrogens is 4. The molecule has 0 aliphatic rings. The van der Waals surface area contributed by atoms with Crippen LogP contribution in [-0.4, -0.2) is 26.3 Å². The molecule has 0 bridgehead atoms. The first-order valence-electron chi connectivity index (χ1n) is 6.63. The van der Waals surface area contributed by atoms with Gasteiger partial charge in [0, 0.05) is 0 Å². The van der Waals surface area contributed by atoms with E-state index >= 15 is 0 Å². The minimum atomic E-state index is -0.833. The van der Waals surface area contributed by atoms with Crippen molar-refractivity contribution in [1.29, 1.82) is 0 Å². The quantitative estimate of drug-likeness (QED) is 0.926. The van der Waals surface area contributed by atoms with E-state index in [0.29, 0.717) is 0 Å². The van der Waals surface area contributed by atoms with Gasteiger partial charge in [0.15, 0.2) is 12.4 Å². The predicted octanol–water partition coefficient (Wildman–Crippen LogP) is 1.81. The van der Waals surface area contributed by atoms with Gasteiger partial charge in [0.25, 0.3) is 0 Å². The van der Waals surface area contributed by atoms with Crippen molar-refractivity contribution in [1.82, 2.24) is 20.2 Å². The second-order valence-electron chi connectivity index (χ2n) is 5.79. The third kappa shape index (κ3) is 4.01. The molecule has 7 heteroatoms. The van der Waals surface area contributed by atoms with E-state index in [1.165, 1.54) is 16.7 Å². The van der Waals surface area contributed by atoms with Crippen molar-refractivity contribution in [3.63, 3.8) is 0 Å². The first-order valence-corrected chi connectivity index (χ1v) is 6.63. The molecule has 0 aliphatic heterocycles. The number of benzene rings is 1. The summed E-state index contributed by atoms with van der Waals surface area (Å²) in [7, 11) is 0. The van der Waals surface area contributed by atoms with Crippen molar-refractivity contribution < 1.29 is 9.53 Å². The average Bonchev–Trinajstić information content (AvgIpc) is 2.89. The molecule has 112 valence electrons. The molecule has 0 spiro atoms. The molecule has 0 fully saturated rings. The number of primary amides is 1. The monoisotopic (exact) mass is 289 g/mol. The number of amides is 1. The SMILES string of the molecule is CC(C)(C)c1ccc(C(Cn2ncnn2)OC(N)=O)cc1. The molecule has 1 amide bonds. The van der Waals surface area contributed by atoms with E-state index in [0.717, 1.165) is 5.56 Å². The first-order chi connectivity index (χ1) is 9.86. The molecule has 1 unspecified atom stereocenters. The van der Waals surface area contributed by atoms with Crippen LogP contribution in [-0.2, 0) is 16.7 Å². The minimum Gasteiger partial charge on any atom is -0.439 e. The van der Waals surface area contributed by atoms with Crippen molar-refractivity contribution in [3.05, 3.63) is 41.7 Å². The minimum absolute atomic E-state index is 0.0615. The zero-order valence-corrected chi connectivity index (χ0v) is 12.4. The maximum atomic E-state index is 11.1. The Hall–Kier alpha value is -2.44. The summed E-state index contributed by atoms with van der Waals surface area (Å²) in [5.41, 5.74) is 7.22. The van der Waals surface area contributed by atoms with Crippen LogP contribution in [0.4, 0.5) is 4.79 Å². The van der Waals surface area contributed by atoms with Gasteiger partial charge in [-0.05, 0) is 21.8 Å². The smallest absolute Gasteiger partial charge is 0.405 e. The van der Waals surface area contributed by atoms with Gasteiger partial charge in [-0.3, -0.25) is 0 Å². The van der Waals surface area contributed by atoms with Gasteiger partial charge >= 0.3 is 6.09 Å². The van der Waals surface area contributed by atoms with Crippen LogP contribution < -0.4 is 5.73 Å². The van der Waals surface area contributed by atoms with Crippen LogP contribution >= 0.6 is 0 Å². The zero-order valence-electron chi connectivity index (χ0n) is 12.4. The zero-order chi connectivity index (χ0) is 15.5. The highest BCUT2D eigenvalue weighted by atomic mass is 16.6. The molecule has 1 aromatic carbocycles. The Morgan fingerprint density at radius 2 is 2.00 bits per heavy atom. The van der Waals surface area contributed by atoms with Crippen LogP contribution in [0, 0.1) is 0 Å². The van der Waals surface area contributed by atoms with Gasteiger partial charge in [0.05, 0.1) is 0 Å². The van der Waals surface area contributed by atoms with Gasteiger partial charge in [-0.2, -0.15) is 4.80 Å². The number of nitrogens with two attached hydrogens (primary N) is 1. The fourth-order valence-corrected chi connectivity index (χ4v) is 1.97. The Kier molecular flexibility index (Phi) is 4.21. The number of nitrogens with zero attached hydrogens (tertiary/aromatic N) is 4. The highest BCUT2D eigenvalue weighted by molar-refractivity contribution is 5.65. The summed E-state index contributed by atoms with van der Waals surface area (Å²) in [5, 5.41) is 11.3. The van der Waals surface area contributed by atoms with Crippen molar-refractivity contribution in [2.24, 2.45) is 5.73 Å². The second kappa shape index (κ2) is 5.90. The fraction of sp³-hybridized carbons (Fsp3) is 0.429. The van der Waals surface area contributed by atoms with Crippen LogP contribution in [0.1, 0.15) is 38.0 Å². The molecule has 0 saturated heterocycles. The Morgan fingerprint density at radius 3 is 2.48 bits per heavy atom. The van der Waals surface area contributed by atoms with Gasteiger partial charge in [-0.1, -0.05) is 45.0 Å². The molecular weight excluding hydrogens is 270 g/mol. The molecule has 21 heavy (non-hydrogen) atoms. The molecule has 1 atom stereocenters. The fourth-order valence-electron chi connectivity index (χ4n) is 1.97. The van der Waals surface area contributed by atoms with E-state index < -0.39 is 12.2 Å². The van der Waals surface area contributed by atoms with Crippen molar-refractivity contribution in [3.8, 4) is 0 Å². The largest absolute Gasteiger partial charge is 0.439 e. The van der Waals surface area contributed by atoms with Crippen molar-refractivity contribution in [2.75, 3.05) is 0 Å². The maximum absolute atomic E-state index is 11.1. The Balaban J connectivity index is 2.22. The highest BCUT2D eigenvalue weighted by Crippen LogP contribution is 2.25. The van der Waals surface area contributed by atoms with E-state index in [2.05, 4.69) is 36.2 Å². The van der Waals surface area contributed by atoms with Gasteiger partial charge in [0.2, 0.25) is 0 Å². The van der Waals surface area contributed by atoms with Crippen LogP contribution in [0.5, 0.6) is 0 Å². The summed E-state index contributed by atoms with van der Waals surface area (Å²) in [4.78, 5) is 12.4. The standard InChI is InChI=1S/C14H19N5O2/c1-14(2,3)11-6-4-10(5-7-11)12(21-13(15)20)8-19-17-9-16-18-19/h4-7,9,12H,8H2,1-3H3,(H2,15,20). The lowest BCUT2D eigenvalue weighted by atomic mass is 9.86. The normalized spacial score (nSPS) is 12.9. The van der Waals surface area contributed by atoms with Gasteiger partial charge in [0.1, 0.15) is 6.54 Å². The van der Waals surface area contributed by atoms with Gasteiger partial charge in [-0.15, -0.1) is 10.2 Å². The summed E-state index contributed by atoms with van der Waals surface area (Å²) in [6.45, 7) is 6.67. The van der Waals surface area contributed by atoms with Crippen LogP contribution in [0.3, 0.4) is 0 Å². The molecule has 0 aliphatic carbocycles. The van der Waals surface area contributed by atoms with Gasteiger partial charge < -0.3 is 10.5 Å². The van der Waals surface area contributed by atoms with E-state index in [1.807, 2.05) is 24.3 Å². The number of hydrogen-bond acceptors (Lipinski definition) is 5. The van der Waals surface area contributed by atoms with E-state index in [1.54, 1.807) is 0 Å². The van der Waals surface area contributed by atoms with E-state index in [9.17, 15) is 4.79 Å². The predicted molar refractivity (Wildman–Crippen MR) is 76.4 cm³/mol. The Morgan fingerprint density at radius 1 is 1.33 bits per heavy atom. The molecule has 0 saturated carbocycles. The summed E-state index contributed by atoms with van der Waals surface area (Å²) >= 11 is 0. The molecule has 2 aromatic rings. The number of carbonyl (C=O) groups excluding carboxylic acids is 1. The topological polar surface area (TPSA) is 95.9 Å². The second-order valence-corrected chi connectivity index (χ2v) is 5.79. The third-order valence-electron chi connectivity index (χ3n) is 3.13. The maximum Gasteiger partial charge on any atom is 0.405 e. The van der Waals surface area contributed by atoms with E-state index in [-0.39, 0.29) is 12.0 Å². The van der Waals surface area contributed by atoms with Crippen LogP contribution in [0.25, 0.3) is 0 Å². The molecule has 2 N–H and O–H groups in total. The number of hydrogen-bond donors (Lipinski definition) is 1. The average molecular weight is 289 g/mol. The van der Waals surface area contributed by atoms with Crippen LogP contribution in [0.15, 0.2) is 30.6 Å². The Bertz CT molecular complexity index is 587. The number of carbonyl (C=O) groups is 1. The van der Waals surface area contributed by atoms with Crippen molar-refractivity contribution in [2.45, 2.75) is 38.8 Å². The first kappa shape index (κ1) is 15.0. The molecule has 1 aromatic heterocycles. The summed E-state index contributed by atoms with van der Waals surface area (Å²) < 4.78 is 5.15. The number of tetrazole rings is 1. The highest BCUT2D eigenvalue weighted by Gasteiger charge is 2.19. The number of rotatable bonds is 4. The Labute approximate surface area is 123 Å². The summed E-state index contributed by atoms with van der Waals surface area (Å²) in [6.07, 6.45) is -0.0601. The van der Waals surface area contributed by atoms with E-state index in [4.69, 9.17) is 10.5 Å². The van der Waals surface area contributed by atoms with Crippen LogP contribution in [0.2, 0.25) is 0 Å². The molecule has 2 rings (SSSR count). The van der Waals surface area contributed by atoms with Crippen molar-refractivity contribution >= 4 is 6.09 Å². The molecule has 1 heterocycles. The number of ether oxygens (including phenoxy) is 1. The molecule has 0 radical (unpaired) electrons. The third-order valence-corrected chi connectivity index (χ3v) is 3.13. The lowest BCUT2D eigenvalue weighted by Gasteiger charge is -2.21. The lowest BCUT2D eigenvalue weighted by molar-refractivity contribution is 0.0900.